The topological polar surface area (TPSA) is 6.48 Å². The van der Waals surface area contributed by atoms with Crippen LogP contribution in [0.4, 0.5) is 34.1 Å². The predicted molar refractivity (Wildman–Crippen MR) is 263 cm³/mol. The molecule has 0 saturated carbocycles. The Morgan fingerprint density at radius 3 is 0.983 bits per heavy atom. The summed E-state index contributed by atoms with van der Waals surface area (Å²) in [6, 6.07) is 55.1. The van der Waals surface area contributed by atoms with E-state index in [-0.39, 0.29) is 0 Å². The monoisotopic (exact) mass is 848 g/mol. The van der Waals surface area contributed by atoms with Crippen LogP contribution in [0.2, 0.25) is 0 Å². The van der Waals surface area contributed by atoms with E-state index in [4.69, 9.17) is 0 Å². The summed E-state index contributed by atoms with van der Waals surface area (Å²) in [6.45, 7) is 0. The summed E-state index contributed by atoms with van der Waals surface area (Å²) in [4.78, 5) is 5.13. The normalized spacial score (nSPS) is 12.1. The van der Waals surface area contributed by atoms with Gasteiger partial charge in [0.25, 0.3) is 0 Å². The van der Waals surface area contributed by atoms with Gasteiger partial charge in [-0.1, -0.05) is 36.4 Å². The number of benzene rings is 7. The Labute approximate surface area is 356 Å². The van der Waals surface area contributed by atoms with Gasteiger partial charge in [-0.3, -0.25) is 0 Å². The summed E-state index contributed by atoms with van der Waals surface area (Å²) in [5.74, 6) is 0. The zero-order valence-corrected chi connectivity index (χ0v) is 35.4. The first-order valence-corrected chi connectivity index (χ1v) is 24.2. The predicted octanol–water partition coefficient (Wildman–Crippen LogP) is 18.2. The second-order valence-corrected chi connectivity index (χ2v) is 20.4. The molecule has 2 nitrogen and oxygen atoms in total. The van der Waals surface area contributed by atoms with Gasteiger partial charge in [-0.25, -0.2) is 0 Å². The van der Waals surface area contributed by atoms with Crippen LogP contribution in [-0.2, 0) is 0 Å². The maximum atomic E-state index is 2.57. The molecule has 0 N–H and O–H groups in total. The van der Waals surface area contributed by atoms with Gasteiger partial charge in [0.15, 0.2) is 0 Å². The van der Waals surface area contributed by atoms with Crippen molar-refractivity contribution in [2.45, 2.75) is 0 Å². The standard InChI is InChI=1S/C50H28N2S6/c1-3-7-43-37(5-1)45-47(51(33-9-13-39-29(25-33)17-21-53-39)34-10-14-40-30(26-34)18-22-54-40)50-46(38-6-2-4-8-44(38)58-50)48(49(45)57-43)52(35-11-15-41-31(27-35)19-23-55-41)36-12-16-42-32(28-36)20-24-56-42/h1-28H. The molecule has 6 aromatic heterocycles. The van der Waals surface area contributed by atoms with E-state index < -0.39 is 0 Å². The van der Waals surface area contributed by atoms with Crippen LogP contribution in [0.5, 0.6) is 0 Å². The van der Waals surface area contributed by atoms with Crippen molar-refractivity contribution in [1.29, 1.82) is 0 Å². The van der Waals surface area contributed by atoms with Gasteiger partial charge in [0, 0.05) is 72.5 Å². The Balaban J connectivity index is 1.23. The third kappa shape index (κ3) is 5.03. The van der Waals surface area contributed by atoms with E-state index in [1.54, 1.807) is 45.3 Å². The van der Waals surface area contributed by atoms with Crippen LogP contribution < -0.4 is 9.80 Å². The van der Waals surface area contributed by atoms with Crippen LogP contribution in [0.1, 0.15) is 0 Å². The molecule has 0 amide bonds. The highest BCUT2D eigenvalue weighted by atomic mass is 32.1. The van der Waals surface area contributed by atoms with Crippen LogP contribution in [0.15, 0.2) is 167 Å². The van der Waals surface area contributed by atoms with Gasteiger partial charge >= 0.3 is 0 Å². The molecular weight excluding hydrogens is 821 g/mol. The van der Waals surface area contributed by atoms with Gasteiger partial charge in [-0.2, -0.15) is 0 Å². The first kappa shape index (κ1) is 33.4. The molecule has 0 radical (unpaired) electrons. The van der Waals surface area contributed by atoms with Gasteiger partial charge < -0.3 is 9.80 Å². The number of anilines is 6. The van der Waals surface area contributed by atoms with Crippen LogP contribution >= 0.6 is 68.0 Å². The van der Waals surface area contributed by atoms with E-state index in [0.29, 0.717) is 0 Å². The summed E-state index contributed by atoms with van der Waals surface area (Å²) >= 11 is 11.0. The molecule has 0 fully saturated rings. The Morgan fingerprint density at radius 1 is 0.310 bits per heavy atom. The number of hydrogen-bond donors (Lipinski definition) is 0. The molecule has 7 aromatic carbocycles. The molecule has 13 rings (SSSR count). The zero-order chi connectivity index (χ0) is 37.9. The summed E-state index contributed by atoms with van der Waals surface area (Å²) in [7, 11) is 0. The van der Waals surface area contributed by atoms with Crippen molar-refractivity contribution in [2.75, 3.05) is 9.80 Å². The SMILES string of the molecule is c1ccc2c(c1)sc1c(N(c3ccc4sccc4c3)c3ccc4sccc4c3)c3c(sc4ccccc43)c(N(c3ccc4sccc4c3)c3ccc4sccc4c3)c12. The molecule has 58 heavy (non-hydrogen) atoms. The molecule has 0 bridgehead atoms. The Kier molecular flexibility index (Phi) is 7.46. The molecule has 0 aliphatic carbocycles. The largest absolute Gasteiger partial charge is 0.308 e. The van der Waals surface area contributed by atoms with Gasteiger partial charge in [0.2, 0.25) is 0 Å². The molecule has 0 saturated heterocycles. The molecule has 0 aliphatic heterocycles. The highest BCUT2D eigenvalue weighted by Gasteiger charge is 2.31. The minimum Gasteiger partial charge on any atom is -0.308 e. The summed E-state index contributed by atoms with van der Waals surface area (Å²) in [5, 5.41) is 19.0. The van der Waals surface area contributed by atoms with Crippen molar-refractivity contribution in [2.24, 2.45) is 0 Å². The second kappa shape index (κ2) is 13.0. The van der Waals surface area contributed by atoms with Gasteiger partial charge in [-0.15, -0.1) is 68.0 Å². The summed E-state index contributed by atoms with van der Waals surface area (Å²) in [5.41, 5.74) is 7.10. The fourth-order valence-corrected chi connectivity index (χ4v) is 14.3. The molecule has 8 heteroatoms. The third-order valence-electron chi connectivity index (χ3n) is 11.3. The highest BCUT2D eigenvalue weighted by molar-refractivity contribution is 7.29. The van der Waals surface area contributed by atoms with Crippen LogP contribution in [0, 0.1) is 0 Å². The first-order chi connectivity index (χ1) is 28.7. The number of thiophene rings is 6. The Hall–Kier alpha value is -5.58. The minimum atomic E-state index is 1.16. The number of nitrogens with zero attached hydrogens (tertiary/aromatic N) is 2. The van der Waals surface area contributed by atoms with Crippen molar-refractivity contribution in [3.63, 3.8) is 0 Å². The van der Waals surface area contributed by atoms with Crippen LogP contribution in [0.3, 0.4) is 0 Å². The molecule has 0 unspecified atom stereocenters. The summed E-state index contributed by atoms with van der Waals surface area (Å²) in [6.07, 6.45) is 0. The van der Waals surface area contributed by atoms with Crippen molar-refractivity contribution in [3.8, 4) is 0 Å². The molecule has 0 aliphatic rings. The third-order valence-corrected chi connectivity index (χ3v) is 17.3. The van der Waals surface area contributed by atoms with Gasteiger partial charge in [0.1, 0.15) is 0 Å². The van der Waals surface area contributed by atoms with Crippen molar-refractivity contribution in [1.82, 2.24) is 0 Å². The van der Waals surface area contributed by atoms with Crippen molar-refractivity contribution in [3.05, 3.63) is 167 Å². The Bertz CT molecular complexity index is 3350. The molecule has 0 atom stereocenters. The second-order valence-electron chi connectivity index (χ2n) is 14.5. The highest BCUT2D eigenvalue weighted by Crippen LogP contribution is 2.59. The lowest BCUT2D eigenvalue weighted by Gasteiger charge is -2.31. The smallest absolute Gasteiger partial charge is 0.0735 e. The van der Waals surface area contributed by atoms with E-state index in [1.807, 2.05) is 22.7 Å². The van der Waals surface area contributed by atoms with E-state index in [9.17, 15) is 0 Å². The molecule has 13 aromatic rings. The lowest BCUT2D eigenvalue weighted by atomic mass is 10.0. The molecular formula is C50H28N2S6. The lowest BCUT2D eigenvalue weighted by molar-refractivity contribution is 1.32. The van der Waals surface area contributed by atoms with E-state index in [0.717, 1.165) is 22.7 Å². The van der Waals surface area contributed by atoms with Crippen molar-refractivity contribution < 1.29 is 0 Å². The van der Waals surface area contributed by atoms with E-state index >= 15 is 0 Å². The number of fused-ring (bicyclic) bond motifs is 10. The molecule has 0 spiro atoms. The van der Waals surface area contributed by atoms with Crippen molar-refractivity contribution >= 4 is 183 Å². The number of rotatable bonds is 6. The van der Waals surface area contributed by atoms with Crippen LogP contribution in [-0.4, -0.2) is 0 Å². The molecule has 274 valence electrons. The first-order valence-electron chi connectivity index (χ1n) is 19.0. The Morgan fingerprint density at radius 2 is 0.638 bits per heavy atom. The van der Waals surface area contributed by atoms with Gasteiger partial charge in [-0.05, 0) is 152 Å². The number of hydrogen-bond acceptors (Lipinski definition) is 8. The zero-order valence-electron chi connectivity index (χ0n) is 30.5. The average molecular weight is 849 g/mol. The van der Waals surface area contributed by atoms with E-state index in [2.05, 4.69) is 177 Å². The average Bonchev–Trinajstić information content (AvgIpc) is 4.12. The fraction of sp³-hybridized carbons (Fsp3) is 0. The maximum Gasteiger partial charge on any atom is 0.0735 e. The molecule has 6 heterocycles. The quantitative estimate of drug-likeness (QED) is 0.154. The van der Waals surface area contributed by atoms with Crippen LogP contribution in [0.25, 0.3) is 80.7 Å². The minimum absolute atomic E-state index is 1.16. The lowest BCUT2D eigenvalue weighted by Crippen LogP contribution is -2.13. The maximum absolute atomic E-state index is 2.57. The fourth-order valence-electron chi connectivity index (χ4n) is 8.74. The van der Waals surface area contributed by atoms with Gasteiger partial charge in [0.05, 0.1) is 20.8 Å². The summed E-state index contributed by atoms with van der Waals surface area (Å²) < 4.78 is 10.3. The van der Waals surface area contributed by atoms with E-state index in [1.165, 1.54) is 92.1 Å².